The second-order valence-electron chi connectivity index (χ2n) is 7.34. The molecule has 4 nitrogen and oxygen atoms in total. The van der Waals surface area contributed by atoms with Gasteiger partial charge in [-0.3, -0.25) is 9.58 Å². The quantitative estimate of drug-likeness (QED) is 0.807. The number of hydrogen-bond acceptors (Lipinski definition) is 3. The van der Waals surface area contributed by atoms with Gasteiger partial charge in [0.05, 0.1) is 6.54 Å². The maximum absolute atomic E-state index is 4.32. The predicted molar refractivity (Wildman–Crippen MR) is 91.0 cm³/mol. The number of likely N-dealkylation sites (tertiary alicyclic amines) is 1. The van der Waals surface area contributed by atoms with Crippen molar-refractivity contribution in [2.45, 2.75) is 63.5 Å². The van der Waals surface area contributed by atoms with Crippen LogP contribution < -0.4 is 0 Å². The summed E-state index contributed by atoms with van der Waals surface area (Å²) in [7, 11) is 2.30. The molecule has 1 aliphatic carbocycles. The Morgan fingerprint density at radius 3 is 2.45 bits per heavy atom. The van der Waals surface area contributed by atoms with Gasteiger partial charge in [-0.05, 0) is 51.9 Å². The van der Waals surface area contributed by atoms with E-state index in [0.29, 0.717) is 5.54 Å². The van der Waals surface area contributed by atoms with Crippen molar-refractivity contribution >= 4 is 0 Å². The van der Waals surface area contributed by atoms with Gasteiger partial charge in [-0.25, -0.2) is 0 Å². The van der Waals surface area contributed by atoms with E-state index in [1.807, 2.05) is 16.9 Å². The molecule has 0 aromatic carbocycles. The van der Waals surface area contributed by atoms with Gasteiger partial charge in [0.25, 0.3) is 0 Å². The zero-order chi connectivity index (χ0) is 15.3. The van der Waals surface area contributed by atoms with E-state index in [4.69, 9.17) is 0 Å². The lowest BCUT2D eigenvalue weighted by Crippen LogP contribution is -2.57. The van der Waals surface area contributed by atoms with Crippen LogP contribution in [0.3, 0.4) is 0 Å². The van der Waals surface area contributed by atoms with E-state index in [0.717, 1.165) is 13.1 Å². The lowest BCUT2D eigenvalue weighted by Gasteiger charge is -2.50. The van der Waals surface area contributed by atoms with Crippen molar-refractivity contribution in [2.75, 3.05) is 33.2 Å². The minimum atomic E-state index is 0.456. The third-order valence-electron chi connectivity index (χ3n) is 5.65. The fourth-order valence-corrected chi connectivity index (χ4v) is 4.44. The Hall–Kier alpha value is -0.870. The number of aromatic nitrogens is 2. The number of likely N-dealkylation sites (N-methyl/N-ethyl adjacent to an activating group) is 1. The molecule has 0 unspecified atom stereocenters. The van der Waals surface area contributed by atoms with E-state index in [2.05, 4.69) is 28.1 Å². The van der Waals surface area contributed by atoms with E-state index < -0.39 is 0 Å². The molecule has 1 aromatic heterocycles. The van der Waals surface area contributed by atoms with Gasteiger partial charge in [-0.15, -0.1) is 0 Å². The molecule has 0 atom stereocenters. The summed E-state index contributed by atoms with van der Waals surface area (Å²) in [6.07, 6.45) is 15.3. The van der Waals surface area contributed by atoms with Gasteiger partial charge in [-0.1, -0.05) is 25.7 Å². The van der Waals surface area contributed by atoms with Gasteiger partial charge < -0.3 is 4.90 Å². The molecule has 0 bridgehead atoms. The molecule has 1 saturated carbocycles. The predicted octanol–water partition coefficient (Wildman–Crippen LogP) is 3.00. The molecule has 3 rings (SSSR count). The third kappa shape index (κ3) is 3.90. The smallest absolute Gasteiger partial charge is 0.0536 e. The molecule has 2 heterocycles. The van der Waals surface area contributed by atoms with Gasteiger partial charge in [0.1, 0.15) is 0 Å². The number of piperidine rings is 1. The highest BCUT2D eigenvalue weighted by Crippen LogP contribution is 2.36. The number of rotatable bonds is 6. The Bertz CT molecular complexity index is 416. The van der Waals surface area contributed by atoms with Crippen LogP contribution in [-0.4, -0.2) is 58.3 Å². The van der Waals surface area contributed by atoms with Crippen molar-refractivity contribution in [3.05, 3.63) is 18.5 Å². The van der Waals surface area contributed by atoms with E-state index >= 15 is 0 Å². The summed E-state index contributed by atoms with van der Waals surface area (Å²) in [5.41, 5.74) is 0.456. The molecule has 0 N–H and O–H groups in total. The first kappa shape index (κ1) is 16.0. The van der Waals surface area contributed by atoms with Crippen LogP contribution in [0.5, 0.6) is 0 Å². The molecule has 2 aliphatic rings. The third-order valence-corrected chi connectivity index (χ3v) is 5.65. The second kappa shape index (κ2) is 7.60. The topological polar surface area (TPSA) is 24.3 Å². The van der Waals surface area contributed by atoms with Crippen LogP contribution in [0.2, 0.25) is 0 Å². The van der Waals surface area contributed by atoms with Gasteiger partial charge >= 0.3 is 0 Å². The molecule has 124 valence electrons. The summed E-state index contributed by atoms with van der Waals surface area (Å²) < 4.78 is 2.05. The minimum Gasteiger partial charge on any atom is -0.303 e. The summed E-state index contributed by atoms with van der Waals surface area (Å²) in [5.74, 6) is 0. The fraction of sp³-hybridized carbons (Fsp3) is 0.833. The Labute approximate surface area is 135 Å². The lowest BCUT2D eigenvalue weighted by molar-refractivity contribution is 0.00870. The van der Waals surface area contributed by atoms with Crippen molar-refractivity contribution in [1.82, 2.24) is 19.6 Å². The summed E-state index contributed by atoms with van der Waals surface area (Å²) in [6, 6.07) is 2.01. The van der Waals surface area contributed by atoms with Crippen molar-refractivity contribution < 1.29 is 0 Å². The van der Waals surface area contributed by atoms with Crippen LogP contribution in [0.15, 0.2) is 18.5 Å². The Morgan fingerprint density at radius 2 is 1.77 bits per heavy atom. The van der Waals surface area contributed by atoms with Gasteiger partial charge in [-0.2, -0.15) is 5.10 Å². The maximum atomic E-state index is 4.32. The molecule has 4 heteroatoms. The Morgan fingerprint density at radius 1 is 1.05 bits per heavy atom. The zero-order valence-electron chi connectivity index (χ0n) is 14.2. The van der Waals surface area contributed by atoms with Crippen molar-refractivity contribution in [2.24, 2.45) is 0 Å². The normalized spacial score (nSPS) is 23.0. The van der Waals surface area contributed by atoms with E-state index in [1.165, 1.54) is 71.0 Å². The van der Waals surface area contributed by atoms with Crippen LogP contribution in [0, 0.1) is 0 Å². The second-order valence-corrected chi connectivity index (χ2v) is 7.34. The summed E-state index contributed by atoms with van der Waals surface area (Å²) in [6.45, 7) is 5.98. The van der Waals surface area contributed by atoms with Crippen molar-refractivity contribution in [3.63, 3.8) is 0 Å². The average Bonchev–Trinajstić information content (AvgIpc) is 3.08. The minimum absolute atomic E-state index is 0.456. The summed E-state index contributed by atoms with van der Waals surface area (Å²) in [5, 5.41) is 4.32. The van der Waals surface area contributed by atoms with E-state index in [1.54, 1.807) is 0 Å². The molecular weight excluding hydrogens is 272 g/mol. The maximum Gasteiger partial charge on any atom is 0.0536 e. The summed E-state index contributed by atoms with van der Waals surface area (Å²) in [4.78, 5) is 5.39. The SMILES string of the molecule is CN(CCn1cccn1)CC1(N2CCCCC2)CCCCC1. The molecular formula is C18H32N4. The first-order chi connectivity index (χ1) is 10.8. The Kier molecular flexibility index (Phi) is 5.53. The highest BCUT2D eigenvalue weighted by Gasteiger charge is 2.38. The standard InChI is InChI=1S/C18H32N4/c1-20(15-16-22-14-8-11-19-22)17-18(9-4-2-5-10-18)21-12-6-3-7-13-21/h8,11,14H,2-7,9-10,12-13,15-17H2,1H3. The zero-order valence-corrected chi connectivity index (χ0v) is 14.2. The number of nitrogens with zero attached hydrogens (tertiary/aromatic N) is 4. The van der Waals surface area contributed by atoms with Gasteiger partial charge in [0.15, 0.2) is 0 Å². The van der Waals surface area contributed by atoms with Crippen LogP contribution >= 0.6 is 0 Å². The molecule has 1 saturated heterocycles. The molecule has 0 radical (unpaired) electrons. The largest absolute Gasteiger partial charge is 0.303 e. The molecule has 0 spiro atoms. The first-order valence-electron chi connectivity index (χ1n) is 9.20. The molecule has 2 fully saturated rings. The Balaban J connectivity index is 1.58. The molecule has 1 aromatic rings. The van der Waals surface area contributed by atoms with Crippen LogP contribution in [0.4, 0.5) is 0 Å². The molecule has 22 heavy (non-hydrogen) atoms. The summed E-state index contributed by atoms with van der Waals surface area (Å²) >= 11 is 0. The van der Waals surface area contributed by atoms with E-state index in [-0.39, 0.29) is 0 Å². The van der Waals surface area contributed by atoms with Crippen LogP contribution in [-0.2, 0) is 6.54 Å². The van der Waals surface area contributed by atoms with Gasteiger partial charge in [0.2, 0.25) is 0 Å². The van der Waals surface area contributed by atoms with Crippen LogP contribution in [0.1, 0.15) is 51.4 Å². The average molecular weight is 304 g/mol. The van der Waals surface area contributed by atoms with Crippen molar-refractivity contribution in [1.29, 1.82) is 0 Å². The highest BCUT2D eigenvalue weighted by atomic mass is 15.3. The van der Waals surface area contributed by atoms with E-state index in [9.17, 15) is 0 Å². The molecule has 0 amide bonds. The monoisotopic (exact) mass is 304 g/mol. The molecule has 1 aliphatic heterocycles. The van der Waals surface area contributed by atoms with Crippen molar-refractivity contribution in [3.8, 4) is 0 Å². The highest BCUT2D eigenvalue weighted by molar-refractivity contribution is 4.96. The first-order valence-corrected chi connectivity index (χ1v) is 9.20. The number of hydrogen-bond donors (Lipinski definition) is 0. The fourth-order valence-electron chi connectivity index (χ4n) is 4.44. The van der Waals surface area contributed by atoms with Gasteiger partial charge in [0, 0.05) is 31.0 Å². The van der Waals surface area contributed by atoms with Crippen LogP contribution in [0.25, 0.3) is 0 Å². The lowest BCUT2D eigenvalue weighted by atomic mass is 9.79.